The van der Waals surface area contributed by atoms with Gasteiger partial charge < -0.3 is 4.98 Å². The molecular formula is C10H12N2. The van der Waals surface area contributed by atoms with Gasteiger partial charge in [0.1, 0.15) is 0 Å². The smallest absolute Gasteiger partial charge is 0.0492 e. The summed E-state index contributed by atoms with van der Waals surface area (Å²) in [5.74, 6) is 0. The SMILES string of the molecule is Cc1[nH]c2ccnc(C)c2c1C. The van der Waals surface area contributed by atoms with E-state index in [-0.39, 0.29) is 0 Å². The Hall–Kier alpha value is -1.31. The summed E-state index contributed by atoms with van der Waals surface area (Å²) in [7, 11) is 0. The average molecular weight is 160 g/mol. The second-order valence-corrected chi connectivity index (χ2v) is 3.19. The van der Waals surface area contributed by atoms with E-state index < -0.39 is 0 Å². The predicted octanol–water partition coefficient (Wildman–Crippen LogP) is 2.49. The molecule has 2 rings (SSSR count). The van der Waals surface area contributed by atoms with Gasteiger partial charge in [-0.1, -0.05) is 0 Å². The van der Waals surface area contributed by atoms with Crippen LogP contribution in [0.5, 0.6) is 0 Å². The Morgan fingerprint density at radius 1 is 1.25 bits per heavy atom. The van der Waals surface area contributed by atoms with Crippen molar-refractivity contribution in [3.63, 3.8) is 0 Å². The molecule has 12 heavy (non-hydrogen) atoms. The number of aromatic nitrogens is 2. The minimum absolute atomic E-state index is 1.11. The molecule has 62 valence electrons. The number of aromatic amines is 1. The highest BCUT2D eigenvalue weighted by Gasteiger charge is 2.05. The summed E-state index contributed by atoms with van der Waals surface area (Å²) in [5, 5.41) is 1.27. The zero-order valence-corrected chi connectivity index (χ0v) is 7.60. The number of nitrogens with zero attached hydrogens (tertiary/aromatic N) is 1. The number of H-pyrrole nitrogens is 1. The topological polar surface area (TPSA) is 28.7 Å². The van der Waals surface area contributed by atoms with E-state index in [2.05, 4.69) is 23.8 Å². The van der Waals surface area contributed by atoms with Crippen LogP contribution in [0.15, 0.2) is 12.3 Å². The lowest BCUT2D eigenvalue weighted by Crippen LogP contribution is -1.81. The van der Waals surface area contributed by atoms with E-state index in [0.717, 1.165) is 5.69 Å². The van der Waals surface area contributed by atoms with Gasteiger partial charge in [0.15, 0.2) is 0 Å². The Balaban J connectivity index is 2.97. The minimum atomic E-state index is 1.11. The zero-order chi connectivity index (χ0) is 8.72. The maximum Gasteiger partial charge on any atom is 0.0492 e. The molecule has 0 aliphatic rings. The fourth-order valence-electron chi connectivity index (χ4n) is 1.63. The Bertz CT molecular complexity index is 427. The third-order valence-corrected chi connectivity index (χ3v) is 2.40. The van der Waals surface area contributed by atoms with Gasteiger partial charge in [0.2, 0.25) is 0 Å². The Morgan fingerprint density at radius 2 is 2.00 bits per heavy atom. The molecule has 0 aromatic carbocycles. The quantitative estimate of drug-likeness (QED) is 0.630. The van der Waals surface area contributed by atoms with Crippen molar-refractivity contribution in [2.24, 2.45) is 0 Å². The van der Waals surface area contributed by atoms with Crippen molar-refractivity contribution in [2.45, 2.75) is 20.8 Å². The predicted molar refractivity (Wildman–Crippen MR) is 50.3 cm³/mol. The van der Waals surface area contributed by atoms with Crippen LogP contribution in [0.1, 0.15) is 17.0 Å². The zero-order valence-electron chi connectivity index (χ0n) is 7.60. The van der Waals surface area contributed by atoms with Gasteiger partial charge in [-0.25, -0.2) is 0 Å². The first kappa shape index (κ1) is 7.35. The fraction of sp³-hybridized carbons (Fsp3) is 0.300. The number of fused-ring (bicyclic) bond motifs is 1. The lowest BCUT2D eigenvalue weighted by Gasteiger charge is -1.94. The monoisotopic (exact) mass is 160 g/mol. The highest BCUT2D eigenvalue weighted by molar-refractivity contribution is 5.86. The van der Waals surface area contributed by atoms with Crippen LogP contribution in [0.25, 0.3) is 10.9 Å². The molecule has 0 unspecified atom stereocenters. The van der Waals surface area contributed by atoms with Gasteiger partial charge in [-0.15, -0.1) is 0 Å². The first-order valence-electron chi connectivity index (χ1n) is 4.10. The van der Waals surface area contributed by atoms with Crippen LogP contribution in [0.2, 0.25) is 0 Å². The summed E-state index contributed by atoms with van der Waals surface area (Å²) in [5.41, 5.74) is 4.85. The molecule has 0 aliphatic carbocycles. The average Bonchev–Trinajstić information content (AvgIpc) is 2.29. The third kappa shape index (κ3) is 0.843. The van der Waals surface area contributed by atoms with E-state index in [9.17, 15) is 0 Å². The summed E-state index contributed by atoms with van der Waals surface area (Å²) in [6.07, 6.45) is 1.84. The molecule has 2 aromatic rings. The van der Waals surface area contributed by atoms with Crippen molar-refractivity contribution in [1.29, 1.82) is 0 Å². The maximum absolute atomic E-state index is 4.26. The molecule has 2 heterocycles. The molecule has 0 saturated carbocycles. The molecule has 0 amide bonds. The molecule has 0 atom stereocenters. The van der Waals surface area contributed by atoms with E-state index in [0.29, 0.717) is 0 Å². The molecule has 0 saturated heterocycles. The summed E-state index contributed by atoms with van der Waals surface area (Å²) in [4.78, 5) is 7.59. The van der Waals surface area contributed by atoms with Crippen LogP contribution in [0.3, 0.4) is 0 Å². The standard InChI is InChI=1S/C10H12N2/c1-6-7(2)12-9-4-5-11-8(3)10(6)9/h4-5,12H,1-3H3. The van der Waals surface area contributed by atoms with E-state index >= 15 is 0 Å². The van der Waals surface area contributed by atoms with Gasteiger partial charge in [-0.05, 0) is 32.4 Å². The molecule has 0 spiro atoms. The second kappa shape index (κ2) is 2.34. The van der Waals surface area contributed by atoms with Gasteiger partial charge in [0.05, 0.1) is 0 Å². The fourth-order valence-corrected chi connectivity index (χ4v) is 1.63. The number of rotatable bonds is 0. The van der Waals surface area contributed by atoms with Crippen LogP contribution in [-0.4, -0.2) is 9.97 Å². The van der Waals surface area contributed by atoms with E-state index in [1.54, 1.807) is 0 Å². The van der Waals surface area contributed by atoms with Crippen LogP contribution in [-0.2, 0) is 0 Å². The van der Waals surface area contributed by atoms with Crippen molar-refractivity contribution >= 4 is 10.9 Å². The number of nitrogens with one attached hydrogen (secondary N) is 1. The van der Waals surface area contributed by atoms with E-state index in [1.165, 1.54) is 22.2 Å². The summed E-state index contributed by atoms with van der Waals surface area (Å²) in [6, 6.07) is 2.02. The second-order valence-electron chi connectivity index (χ2n) is 3.19. The summed E-state index contributed by atoms with van der Waals surface area (Å²) >= 11 is 0. The van der Waals surface area contributed by atoms with Crippen LogP contribution < -0.4 is 0 Å². The van der Waals surface area contributed by atoms with Gasteiger partial charge in [0, 0.05) is 28.5 Å². The Morgan fingerprint density at radius 3 is 2.67 bits per heavy atom. The lowest BCUT2D eigenvalue weighted by atomic mass is 10.1. The molecule has 0 bridgehead atoms. The van der Waals surface area contributed by atoms with Crippen LogP contribution in [0.4, 0.5) is 0 Å². The lowest BCUT2D eigenvalue weighted by molar-refractivity contribution is 1.23. The first-order valence-corrected chi connectivity index (χ1v) is 4.10. The van der Waals surface area contributed by atoms with E-state index in [4.69, 9.17) is 0 Å². The van der Waals surface area contributed by atoms with Crippen molar-refractivity contribution < 1.29 is 0 Å². The van der Waals surface area contributed by atoms with Gasteiger partial charge in [-0.3, -0.25) is 4.98 Å². The highest BCUT2D eigenvalue weighted by atomic mass is 14.7. The Labute approximate surface area is 71.6 Å². The van der Waals surface area contributed by atoms with E-state index in [1.807, 2.05) is 19.2 Å². The molecule has 2 nitrogen and oxygen atoms in total. The van der Waals surface area contributed by atoms with Gasteiger partial charge in [0.25, 0.3) is 0 Å². The number of aryl methyl sites for hydroxylation is 3. The van der Waals surface area contributed by atoms with Crippen LogP contribution >= 0.6 is 0 Å². The van der Waals surface area contributed by atoms with Crippen molar-refractivity contribution in [3.8, 4) is 0 Å². The maximum atomic E-state index is 4.26. The number of hydrogen-bond donors (Lipinski definition) is 1. The van der Waals surface area contributed by atoms with Crippen LogP contribution in [0, 0.1) is 20.8 Å². The largest absolute Gasteiger partial charge is 0.358 e. The third-order valence-electron chi connectivity index (χ3n) is 2.40. The normalized spacial score (nSPS) is 10.9. The molecule has 0 radical (unpaired) electrons. The molecule has 2 heteroatoms. The number of hydrogen-bond acceptors (Lipinski definition) is 1. The van der Waals surface area contributed by atoms with Crippen molar-refractivity contribution in [2.75, 3.05) is 0 Å². The van der Waals surface area contributed by atoms with Crippen molar-refractivity contribution in [1.82, 2.24) is 9.97 Å². The first-order chi connectivity index (χ1) is 5.70. The molecular weight excluding hydrogens is 148 g/mol. The van der Waals surface area contributed by atoms with Gasteiger partial charge >= 0.3 is 0 Å². The summed E-state index contributed by atoms with van der Waals surface area (Å²) < 4.78 is 0. The molecule has 0 aliphatic heterocycles. The van der Waals surface area contributed by atoms with Crippen molar-refractivity contribution in [3.05, 3.63) is 29.2 Å². The molecule has 0 fully saturated rings. The highest BCUT2D eigenvalue weighted by Crippen LogP contribution is 2.22. The number of pyridine rings is 1. The minimum Gasteiger partial charge on any atom is -0.358 e. The Kier molecular flexibility index (Phi) is 1.43. The summed E-state index contributed by atoms with van der Waals surface area (Å²) in [6.45, 7) is 6.26. The molecule has 2 aromatic heterocycles. The molecule has 1 N–H and O–H groups in total. The van der Waals surface area contributed by atoms with Gasteiger partial charge in [-0.2, -0.15) is 0 Å².